The highest BCUT2D eigenvalue weighted by Gasteiger charge is 2.04. The smallest absolute Gasteiger partial charge is 0.225 e. The van der Waals surface area contributed by atoms with Gasteiger partial charge in [-0.1, -0.05) is 0 Å². The van der Waals surface area contributed by atoms with E-state index in [4.69, 9.17) is 10.2 Å². The molecule has 0 fully saturated rings. The molecule has 3 aromatic rings. The predicted octanol–water partition coefficient (Wildman–Crippen LogP) is 2.39. The molecule has 0 amide bonds. The third-order valence-electron chi connectivity index (χ3n) is 2.86. The van der Waals surface area contributed by atoms with Crippen LogP contribution in [0.2, 0.25) is 0 Å². The second-order valence-electron chi connectivity index (χ2n) is 4.11. The third-order valence-corrected chi connectivity index (χ3v) is 2.86. The number of hydrogen-bond donors (Lipinski definition) is 1. The second kappa shape index (κ2) is 4.58. The maximum atomic E-state index is 5.55. The molecule has 0 aliphatic rings. The Balaban J connectivity index is 2.04. The van der Waals surface area contributed by atoms with Crippen molar-refractivity contribution in [3.05, 3.63) is 48.6 Å². The van der Waals surface area contributed by atoms with Crippen LogP contribution >= 0.6 is 0 Å². The van der Waals surface area contributed by atoms with E-state index < -0.39 is 0 Å². The summed E-state index contributed by atoms with van der Waals surface area (Å²) in [6, 6.07) is 8.00. The van der Waals surface area contributed by atoms with E-state index in [-0.39, 0.29) is 0 Å². The van der Waals surface area contributed by atoms with Gasteiger partial charge in [-0.25, -0.2) is 4.98 Å². The molecule has 0 radical (unpaired) electrons. The lowest BCUT2D eigenvalue weighted by Crippen LogP contribution is -2.04. The molecule has 0 saturated heterocycles. The predicted molar refractivity (Wildman–Crippen MR) is 70.0 cm³/mol. The zero-order chi connectivity index (χ0) is 12.4. The summed E-state index contributed by atoms with van der Waals surface area (Å²) < 4.78 is 5.23. The summed E-state index contributed by atoms with van der Waals surface area (Å²) in [6.45, 7) is 0.607. The van der Waals surface area contributed by atoms with Gasteiger partial charge in [0.25, 0.3) is 0 Å². The van der Waals surface area contributed by atoms with Gasteiger partial charge >= 0.3 is 0 Å². The van der Waals surface area contributed by atoms with E-state index in [1.54, 1.807) is 12.5 Å². The Morgan fingerprint density at radius 2 is 2.06 bits per heavy atom. The molecule has 3 heterocycles. The number of rotatable bonds is 3. The van der Waals surface area contributed by atoms with Crippen molar-refractivity contribution in [2.75, 3.05) is 6.54 Å². The Hall–Kier alpha value is -2.20. The largest absolute Gasteiger partial charge is 0.446 e. The SMILES string of the molecule is NCCc1cc(-c2cnc3occc3c2)ccn1. The van der Waals surface area contributed by atoms with Crippen LogP contribution in [0, 0.1) is 0 Å². The van der Waals surface area contributed by atoms with Crippen molar-refractivity contribution in [1.82, 2.24) is 9.97 Å². The molecule has 0 atom stereocenters. The van der Waals surface area contributed by atoms with Gasteiger partial charge in [0.15, 0.2) is 0 Å². The van der Waals surface area contributed by atoms with Crippen LogP contribution in [-0.4, -0.2) is 16.5 Å². The maximum Gasteiger partial charge on any atom is 0.225 e. The van der Waals surface area contributed by atoms with Gasteiger partial charge in [-0.15, -0.1) is 0 Å². The Bertz CT molecular complexity index is 675. The van der Waals surface area contributed by atoms with Crippen molar-refractivity contribution < 1.29 is 4.42 Å². The van der Waals surface area contributed by atoms with Crippen LogP contribution in [0.3, 0.4) is 0 Å². The molecule has 2 N–H and O–H groups in total. The normalized spacial score (nSPS) is 10.9. The Morgan fingerprint density at radius 3 is 2.94 bits per heavy atom. The Morgan fingerprint density at radius 1 is 1.11 bits per heavy atom. The zero-order valence-corrected chi connectivity index (χ0v) is 9.84. The summed E-state index contributed by atoms with van der Waals surface area (Å²) in [5, 5.41) is 1.00. The minimum absolute atomic E-state index is 0.607. The van der Waals surface area contributed by atoms with Gasteiger partial charge < -0.3 is 10.2 Å². The first-order valence-electron chi connectivity index (χ1n) is 5.85. The van der Waals surface area contributed by atoms with Crippen molar-refractivity contribution in [2.45, 2.75) is 6.42 Å². The molecule has 90 valence electrons. The Kier molecular flexibility index (Phi) is 2.78. The van der Waals surface area contributed by atoms with E-state index in [2.05, 4.69) is 22.1 Å². The quantitative estimate of drug-likeness (QED) is 0.762. The molecule has 4 heteroatoms. The lowest BCUT2D eigenvalue weighted by molar-refractivity contribution is 0.603. The van der Waals surface area contributed by atoms with Crippen LogP contribution in [0.25, 0.3) is 22.2 Å². The second-order valence-corrected chi connectivity index (χ2v) is 4.11. The molecular weight excluding hydrogens is 226 g/mol. The summed E-state index contributed by atoms with van der Waals surface area (Å²) >= 11 is 0. The van der Waals surface area contributed by atoms with E-state index in [0.29, 0.717) is 12.3 Å². The average molecular weight is 239 g/mol. The Labute approximate surface area is 104 Å². The first-order chi connectivity index (χ1) is 8.86. The fraction of sp³-hybridized carbons (Fsp3) is 0.143. The average Bonchev–Trinajstić information content (AvgIpc) is 2.86. The van der Waals surface area contributed by atoms with Crippen LogP contribution < -0.4 is 5.73 Å². The highest BCUT2D eigenvalue weighted by molar-refractivity contribution is 5.79. The standard InChI is InChI=1S/C14H13N3O/c15-4-1-13-8-10(2-5-16-13)12-7-11-3-6-18-14(11)17-9-12/h2-3,5-9H,1,4,15H2. The number of nitrogens with zero attached hydrogens (tertiary/aromatic N) is 2. The van der Waals surface area contributed by atoms with Crippen molar-refractivity contribution in [3.8, 4) is 11.1 Å². The summed E-state index contributed by atoms with van der Waals surface area (Å²) in [5.41, 5.74) is 9.37. The molecule has 4 nitrogen and oxygen atoms in total. The van der Waals surface area contributed by atoms with E-state index in [9.17, 15) is 0 Å². The lowest BCUT2D eigenvalue weighted by atomic mass is 10.1. The molecule has 18 heavy (non-hydrogen) atoms. The molecule has 0 aliphatic heterocycles. The number of aromatic nitrogens is 2. The monoisotopic (exact) mass is 239 g/mol. The summed E-state index contributed by atoms with van der Waals surface area (Å²) in [4.78, 5) is 8.57. The van der Waals surface area contributed by atoms with Crippen LogP contribution in [0.5, 0.6) is 0 Å². The molecule has 3 aromatic heterocycles. The fourth-order valence-corrected chi connectivity index (χ4v) is 1.96. The van der Waals surface area contributed by atoms with Crippen LogP contribution in [0.15, 0.2) is 47.3 Å². The van der Waals surface area contributed by atoms with Gasteiger partial charge in [0, 0.05) is 35.5 Å². The van der Waals surface area contributed by atoms with Gasteiger partial charge in [-0.2, -0.15) is 0 Å². The van der Waals surface area contributed by atoms with Crippen molar-refractivity contribution >= 4 is 11.1 Å². The first kappa shape index (κ1) is 10.9. The molecule has 0 saturated carbocycles. The van der Waals surface area contributed by atoms with Gasteiger partial charge in [-0.05, 0) is 36.4 Å². The number of pyridine rings is 2. The fourth-order valence-electron chi connectivity index (χ4n) is 1.96. The summed E-state index contributed by atoms with van der Waals surface area (Å²) in [7, 11) is 0. The van der Waals surface area contributed by atoms with Crippen LogP contribution in [-0.2, 0) is 6.42 Å². The van der Waals surface area contributed by atoms with Crippen LogP contribution in [0.4, 0.5) is 0 Å². The number of furan rings is 1. The molecule has 0 aliphatic carbocycles. The number of nitrogens with two attached hydrogens (primary N) is 1. The van der Waals surface area contributed by atoms with Crippen LogP contribution in [0.1, 0.15) is 5.69 Å². The van der Waals surface area contributed by atoms with Gasteiger partial charge in [-0.3, -0.25) is 4.98 Å². The van der Waals surface area contributed by atoms with E-state index in [1.807, 2.05) is 18.3 Å². The molecule has 0 spiro atoms. The lowest BCUT2D eigenvalue weighted by Gasteiger charge is -2.03. The minimum Gasteiger partial charge on any atom is -0.446 e. The third kappa shape index (κ3) is 1.98. The van der Waals surface area contributed by atoms with Crippen molar-refractivity contribution in [2.24, 2.45) is 5.73 Å². The molecule has 0 bridgehead atoms. The van der Waals surface area contributed by atoms with E-state index in [1.165, 1.54) is 0 Å². The zero-order valence-electron chi connectivity index (χ0n) is 9.84. The van der Waals surface area contributed by atoms with Gasteiger partial charge in [0.2, 0.25) is 5.71 Å². The molecule has 0 aromatic carbocycles. The van der Waals surface area contributed by atoms with E-state index >= 15 is 0 Å². The van der Waals surface area contributed by atoms with Crippen molar-refractivity contribution in [3.63, 3.8) is 0 Å². The highest BCUT2D eigenvalue weighted by Crippen LogP contribution is 2.23. The molecular formula is C14H13N3O. The van der Waals surface area contributed by atoms with Crippen molar-refractivity contribution in [1.29, 1.82) is 0 Å². The highest BCUT2D eigenvalue weighted by atomic mass is 16.3. The topological polar surface area (TPSA) is 64.9 Å². The van der Waals surface area contributed by atoms with E-state index in [0.717, 1.165) is 28.6 Å². The number of fused-ring (bicyclic) bond motifs is 1. The summed E-state index contributed by atoms with van der Waals surface area (Å²) in [6.07, 6.45) is 6.05. The first-order valence-corrected chi connectivity index (χ1v) is 5.85. The number of hydrogen-bond acceptors (Lipinski definition) is 4. The molecule has 0 unspecified atom stereocenters. The summed E-state index contributed by atoms with van der Waals surface area (Å²) in [5.74, 6) is 0. The van der Waals surface area contributed by atoms with Gasteiger partial charge in [0.1, 0.15) is 0 Å². The minimum atomic E-state index is 0.607. The molecule has 3 rings (SSSR count). The van der Waals surface area contributed by atoms with Gasteiger partial charge in [0.05, 0.1) is 6.26 Å². The maximum absolute atomic E-state index is 5.55.